The fourth-order valence-electron chi connectivity index (χ4n) is 4.82. The van der Waals surface area contributed by atoms with Gasteiger partial charge in [0.25, 0.3) is 0 Å². The number of rotatable bonds is 3. The summed E-state index contributed by atoms with van der Waals surface area (Å²) in [7, 11) is 0. The number of anilines is 1. The summed E-state index contributed by atoms with van der Waals surface area (Å²) in [6.07, 6.45) is -6.37. The van der Waals surface area contributed by atoms with E-state index >= 15 is 0 Å². The SMILES string of the molecule is FC(F)(F)c1ccn(-c2cc(Cl)nc3ccccc23)n1.FC(F)(F)c1ccn(-c2cc(N3CCOCC3)nc3ccccc23)n1. The van der Waals surface area contributed by atoms with Gasteiger partial charge in [-0.25, -0.2) is 19.3 Å². The van der Waals surface area contributed by atoms with E-state index in [4.69, 9.17) is 16.3 Å². The molecule has 0 atom stereocenters. The fourth-order valence-corrected chi connectivity index (χ4v) is 5.02. The van der Waals surface area contributed by atoms with Gasteiger partial charge in [0.2, 0.25) is 0 Å². The Hall–Kier alpha value is -4.69. The quantitative estimate of drug-likeness (QED) is 0.148. The molecule has 0 saturated carbocycles. The number of nitrogens with zero attached hydrogens (tertiary/aromatic N) is 7. The number of fused-ring (bicyclic) bond motifs is 2. The molecule has 2 aromatic carbocycles. The highest BCUT2D eigenvalue weighted by Crippen LogP contribution is 2.31. The Morgan fingerprint density at radius 1 is 0.644 bits per heavy atom. The Bertz CT molecular complexity index is 1960. The minimum absolute atomic E-state index is 0.197. The highest BCUT2D eigenvalue weighted by molar-refractivity contribution is 6.30. The summed E-state index contributed by atoms with van der Waals surface area (Å²) in [5, 5.41) is 8.88. The lowest BCUT2D eigenvalue weighted by atomic mass is 10.1. The molecule has 8 nitrogen and oxygen atoms in total. The molecule has 232 valence electrons. The predicted molar refractivity (Wildman–Crippen MR) is 156 cm³/mol. The van der Waals surface area contributed by atoms with Crippen molar-refractivity contribution in [2.75, 3.05) is 31.2 Å². The third-order valence-electron chi connectivity index (χ3n) is 6.93. The minimum atomic E-state index is -4.47. The van der Waals surface area contributed by atoms with Crippen molar-refractivity contribution in [3.8, 4) is 11.4 Å². The van der Waals surface area contributed by atoms with Gasteiger partial charge >= 0.3 is 12.4 Å². The Balaban J connectivity index is 0.000000163. The molecule has 1 fully saturated rings. The Morgan fingerprint density at radius 2 is 1.13 bits per heavy atom. The van der Waals surface area contributed by atoms with Crippen LogP contribution in [0.3, 0.4) is 0 Å². The Morgan fingerprint density at radius 3 is 1.64 bits per heavy atom. The first-order chi connectivity index (χ1) is 21.5. The monoisotopic (exact) mass is 645 g/mol. The van der Waals surface area contributed by atoms with Gasteiger partial charge in [-0.1, -0.05) is 48.0 Å². The average Bonchev–Trinajstić information content (AvgIpc) is 3.72. The zero-order chi connectivity index (χ0) is 31.8. The van der Waals surface area contributed by atoms with Crippen molar-refractivity contribution in [3.63, 3.8) is 0 Å². The summed E-state index contributed by atoms with van der Waals surface area (Å²) in [6, 6.07) is 19.6. The van der Waals surface area contributed by atoms with Gasteiger partial charge in [0.1, 0.15) is 11.0 Å². The van der Waals surface area contributed by atoms with Crippen LogP contribution in [0.15, 0.2) is 85.2 Å². The van der Waals surface area contributed by atoms with Gasteiger partial charge in [0.05, 0.1) is 35.6 Å². The van der Waals surface area contributed by atoms with Crippen LogP contribution in [-0.4, -0.2) is 55.8 Å². The van der Waals surface area contributed by atoms with Gasteiger partial charge in [-0.15, -0.1) is 0 Å². The summed E-state index contributed by atoms with van der Waals surface area (Å²) in [6.45, 7) is 2.59. The van der Waals surface area contributed by atoms with E-state index in [9.17, 15) is 26.3 Å². The fraction of sp³-hybridized carbons (Fsp3) is 0.200. The van der Waals surface area contributed by atoms with E-state index in [0.29, 0.717) is 59.9 Å². The van der Waals surface area contributed by atoms with Gasteiger partial charge in [-0.05, 0) is 24.3 Å². The number of hydrogen-bond acceptors (Lipinski definition) is 6. The van der Waals surface area contributed by atoms with Crippen molar-refractivity contribution >= 4 is 39.2 Å². The topological polar surface area (TPSA) is 73.9 Å². The highest BCUT2D eigenvalue weighted by atomic mass is 35.5. The molecule has 7 rings (SSSR count). The smallest absolute Gasteiger partial charge is 0.378 e. The van der Waals surface area contributed by atoms with Gasteiger partial charge in [0, 0.05) is 48.4 Å². The zero-order valence-corrected chi connectivity index (χ0v) is 23.9. The van der Waals surface area contributed by atoms with Crippen molar-refractivity contribution in [1.29, 1.82) is 0 Å². The second kappa shape index (κ2) is 12.0. The molecule has 1 aliphatic heterocycles. The van der Waals surface area contributed by atoms with Gasteiger partial charge in [-0.2, -0.15) is 36.5 Å². The standard InChI is InChI=1S/C17H15F3N4O.C13H7ClF3N3/c18-17(19,20)15-5-6-24(22-15)14-11-16(23-7-9-25-10-8-23)21-13-4-2-1-3-12(13)14;14-12-7-10(8-3-1-2-4-9(8)18-12)20-6-5-11(19-20)13(15,16)17/h1-6,11H,7-10H2;1-7H. The second-order valence-electron chi connectivity index (χ2n) is 9.88. The van der Waals surface area contributed by atoms with Crippen molar-refractivity contribution < 1.29 is 31.1 Å². The third kappa shape index (κ3) is 6.56. The lowest BCUT2D eigenvalue weighted by molar-refractivity contribution is -0.142. The summed E-state index contributed by atoms with van der Waals surface area (Å²) in [5.41, 5.74) is 0.471. The number of alkyl halides is 6. The van der Waals surface area contributed by atoms with Crippen LogP contribution >= 0.6 is 11.6 Å². The number of para-hydroxylation sites is 2. The maximum atomic E-state index is 12.9. The molecule has 15 heteroatoms. The van der Waals surface area contributed by atoms with Crippen molar-refractivity contribution in [2.24, 2.45) is 0 Å². The number of morpholine rings is 1. The number of benzene rings is 2. The van der Waals surface area contributed by atoms with Crippen LogP contribution in [0.1, 0.15) is 11.4 Å². The van der Waals surface area contributed by atoms with Crippen molar-refractivity contribution in [1.82, 2.24) is 29.5 Å². The largest absolute Gasteiger partial charge is 0.435 e. The minimum Gasteiger partial charge on any atom is -0.378 e. The molecule has 1 aliphatic rings. The molecule has 0 spiro atoms. The molecular weight excluding hydrogens is 624 g/mol. The molecular formula is C30H22ClF6N7O. The Labute approximate surface area is 256 Å². The normalized spacial score (nSPS) is 14.1. The van der Waals surface area contributed by atoms with E-state index in [2.05, 4.69) is 25.1 Å². The van der Waals surface area contributed by atoms with Crippen molar-refractivity contribution in [2.45, 2.75) is 12.4 Å². The number of hydrogen-bond donors (Lipinski definition) is 0. The molecule has 4 aromatic heterocycles. The maximum Gasteiger partial charge on any atom is 0.435 e. The molecule has 45 heavy (non-hydrogen) atoms. The van der Waals surface area contributed by atoms with Gasteiger partial charge < -0.3 is 9.64 Å². The Kier molecular flexibility index (Phi) is 8.10. The van der Waals surface area contributed by atoms with Gasteiger partial charge in [0.15, 0.2) is 11.4 Å². The third-order valence-corrected chi connectivity index (χ3v) is 7.13. The molecule has 0 bridgehead atoms. The van der Waals surface area contributed by atoms with E-state index < -0.39 is 23.7 Å². The average molecular weight is 646 g/mol. The van der Waals surface area contributed by atoms with Crippen molar-refractivity contribution in [3.05, 3.63) is 102 Å². The zero-order valence-electron chi connectivity index (χ0n) is 23.1. The van der Waals surface area contributed by atoms with E-state index in [1.54, 1.807) is 30.3 Å². The van der Waals surface area contributed by atoms with Crippen LogP contribution in [0.5, 0.6) is 0 Å². The number of aromatic nitrogens is 6. The first-order valence-electron chi connectivity index (χ1n) is 13.5. The maximum absolute atomic E-state index is 12.9. The van der Waals surface area contributed by atoms with E-state index in [1.165, 1.54) is 23.1 Å². The van der Waals surface area contributed by atoms with Crippen LogP contribution in [0.2, 0.25) is 5.15 Å². The number of ether oxygens (including phenoxy) is 1. The molecule has 1 saturated heterocycles. The lowest BCUT2D eigenvalue weighted by Crippen LogP contribution is -2.36. The molecule has 0 N–H and O–H groups in total. The summed E-state index contributed by atoms with van der Waals surface area (Å²) in [5.74, 6) is 0.709. The second-order valence-corrected chi connectivity index (χ2v) is 10.3. The number of halogens is 7. The molecule has 0 aliphatic carbocycles. The molecule has 0 radical (unpaired) electrons. The summed E-state index contributed by atoms with van der Waals surface area (Å²) in [4.78, 5) is 10.8. The van der Waals surface area contributed by atoms with Gasteiger partial charge in [-0.3, -0.25) is 0 Å². The highest BCUT2D eigenvalue weighted by Gasteiger charge is 2.34. The summed E-state index contributed by atoms with van der Waals surface area (Å²) < 4.78 is 84.2. The number of pyridine rings is 2. The van der Waals surface area contributed by atoms with Crippen LogP contribution in [0.4, 0.5) is 32.2 Å². The van der Waals surface area contributed by atoms with Crippen LogP contribution < -0.4 is 4.90 Å². The van der Waals surface area contributed by atoms with E-state index in [-0.39, 0.29) is 5.15 Å². The van der Waals surface area contributed by atoms with Crippen LogP contribution in [-0.2, 0) is 17.1 Å². The molecule has 6 aromatic rings. The molecule has 5 heterocycles. The summed E-state index contributed by atoms with van der Waals surface area (Å²) >= 11 is 5.90. The predicted octanol–water partition coefficient (Wildman–Crippen LogP) is 7.37. The molecule has 0 amide bonds. The first kappa shape index (κ1) is 30.3. The first-order valence-corrected chi connectivity index (χ1v) is 13.9. The van der Waals surface area contributed by atoms with Crippen LogP contribution in [0, 0.1) is 0 Å². The van der Waals surface area contributed by atoms with E-state index in [1.807, 2.05) is 24.3 Å². The lowest BCUT2D eigenvalue weighted by Gasteiger charge is -2.28. The molecule has 0 unspecified atom stereocenters. The van der Waals surface area contributed by atoms with Crippen LogP contribution in [0.25, 0.3) is 33.2 Å². The van der Waals surface area contributed by atoms with E-state index in [0.717, 1.165) is 22.2 Å².